The fourth-order valence-corrected chi connectivity index (χ4v) is 3.00. The Balaban J connectivity index is 2.17. The Bertz CT molecular complexity index is 539. The molecule has 5 nitrogen and oxygen atoms in total. The van der Waals surface area contributed by atoms with E-state index in [1.165, 1.54) is 0 Å². The predicted octanol–water partition coefficient (Wildman–Crippen LogP) is 2.27. The van der Waals surface area contributed by atoms with E-state index in [1.807, 2.05) is 14.1 Å². The monoisotopic (exact) mass is 291 g/mol. The molecule has 21 heavy (non-hydrogen) atoms. The van der Waals surface area contributed by atoms with Gasteiger partial charge >= 0.3 is 5.97 Å². The summed E-state index contributed by atoms with van der Waals surface area (Å²) in [6.45, 7) is 5.94. The van der Waals surface area contributed by atoms with Crippen molar-refractivity contribution >= 4 is 11.8 Å². The van der Waals surface area contributed by atoms with Crippen molar-refractivity contribution in [3.8, 4) is 0 Å². The van der Waals surface area contributed by atoms with Crippen LogP contribution in [0.15, 0.2) is 6.07 Å². The van der Waals surface area contributed by atoms with Crippen molar-refractivity contribution in [1.29, 1.82) is 0 Å². The van der Waals surface area contributed by atoms with Gasteiger partial charge in [-0.1, -0.05) is 13.8 Å². The number of aryl methyl sites for hydroxylation is 2. The van der Waals surface area contributed by atoms with Crippen molar-refractivity contribution in [3.63, 3.8) is 0 Å². The average Bonchev–Trinajstić information content (AvgIpc) is 2.80. The molecule has 1 heterocycles. The van der Waals surface area contributed by atoms with E-state index in [-0.39, 0.29) is 11.0 Å². The van der Waals surface area contributed by atoms with E-state index in [4.69, 9.17) is 0 Å². The summed E-state index contributed by atoms with van der Waals surface area (Å²) in [6, 6.07) is 1.79. The van der Waals surface area contributed by atoms with Crippen LogP contribution in [-0.2, 0) is 12.8 Å². The molecule has 1 aromatic heterocycles. The van der Waals surface area contributed by atoms with Gasteiger partial charge in [0.1, 0.15) is 11.4 Å². The number of nitrogens with zero attached hydrogens (tertiary/aromatic N) is 2. The molecular formula is C16H25N3O2. The third kappa shape index (κ3) is 3.94. The number of anilines is 1. The molecule has 0 spiro atoms. The van der Waals surface area contributed by atoms with Crippen LogP contribution in [0, 0.1) is 5.41 Å². The lowest BCUT2D eigenvalue weighted by molar-refractivity contribution is 0.0697. The second kappa shape index (κ2) is 6.02. The topological polar surface area (TPSA) is 65.5 Å². The number of pyridine rings is 1. The van der Waals surface area contributed by atoms with Gasteiger partial charge in [0.05, 0.1) is 0 Å². The van der Waals surface area contributed by atoms with Gasteiger partial charge in [-0.15, -0.1) is 0 Å². The molecule has 0 fully saturated rings. The molecule has 0 radical (unpaired) electrons. The highest BCUT2D eigenvalue weighted by molar-refractivity contribution is 5.93. The number of hydrogen-bond donors (Lipinski definition) is 2. The molecular weight excluding hydrogens is 266 g/mol. The van der Waals surface area contributed by atoms with Crippen molar-refractivity contribution in [3.05, 3.63) is 22.9 Å². The minimum Gasteiger partial charge on any atom is -0.478 e. The summed E-state index contributed by atoms with van der Waals surface area (Å²) >= 11 is 0. The van der Waals surface area contributed by atoms with E-state index in [0.29, 0.717) is 12.4 Å². The molecule has 0 saturated heterocycles. The number of carboxylic acid groups (broad SMARTS) is 1. The van der Waals surface area contributed by atoms with Gasteiger partial charge < -0.3 is 15.3 Å². The van der Waals surface area contributed by atoms with Crippen LogP contribution in [0.1, 0.15) is 41.9 Å². The van der Waals surface area contributed by atoms with E-state index in [2.05, 4.69) is 29.0 Å². The van der Waals surface area contributed by atoms with Gasteiger partial charge in [-0.25, -0.2) is 9.78 Å². The third-order valence-corrected chi connectivity index (χ3v) is 3.76. The number of carbonyl (C=O) groups is 1. The molecule has 116 valence electrons. The van der Waals surface area contributed by atoms with Gasteiger partial charge in [-0.05, 0) is 50.4 Å². The highest BCUT2D eigenvalue weighted by Gasteiger charge is 2.23. The summed E-state index contributed by atoms with van der Waals surface area (Å²) in [5.41, 5.74) is 2.47. The number of aromatic carboxylic acids is 1. The minimum atomic E-state index is -0.912. The fourth-order valence-electron chi connectivity index (χ4n) is 3.00. The first kappa shape index (κ1) is 15.8. The van der Waals surface area contributed by atoms with E-state index < -0.39 is 5.97 Å². The van der Waals surface area contributed by atoms with E-state index in [1.54, 1.807) is 6.07 Å². The van der Waals surface area contributed by atoms with Gasteiger partial charge in [0, 0.05) is 18.8 Å². The highest BCUT2D eigenvalue weighted by atomic mass is 16.4. The molecule has 0 bridgehead atoms. The van der Waals surface area contributed by atoms with Crippen molar-refractivity contribution in [2.45, 2.75) is 33.1 Å². The van der Waals surface area contributed by atoms with Crippen LogP contribution in [-0.4, -0.2) is 48.1 Å². The highest BCUT2D eigenvalue weighted by Crippen LogP contribution is 2.26. The second-order valence-corrected chi connectivity index (χ2v) is 6.90. The summed E-state index contributed by atoms with van der Waals surface area (Å²) in [5.74, 6) is -0.403. The number of carboxylic acids is 1. The van der Waals surface area contributed by atoms with Crippen LogP contribution >= 0.6 is 0 Å². The molecule has 0 saturated carbocycles. The summed E-state index contributed by atoms with van der Waals surface area (Å²) in [6.07, 6.45) is 2.96. The number of hydrogen-bond acceptors (Lipinski definition) is 4. The zero-order valence-electron chi connectivity index (χ0n) is 13.4. The molecule has 1 aliphatic rings. The first-order chi connectivity index (χ1) is 9.78. The molecule has 2 rings (SSSR count). The standard InChI is InChI=1S/C16H25N3O2/c1-16(2,10-19(3)4)9-17-14-12(15(20)21)8-11-6-5-7-13(11)18-14/h8H,5-7,9-10H2,1-4H3,(H,17,18)(H,20,21). The van der Waals surface area contributed by atoms with E-state index >= 15 is 0 Å². The molecule has 0 amide bonds. The molecule has 2 N–H and O–H groups in total. The Morgan fingerprint density at radius 2 is 2.14 bits per heavy atom. The van der Waals surface area contributed by atoms with Crippen LogP contribution in [0.3, 0.4) is 0 Å². The maximum atomic E-state index is 11.4. The largest absolute Gasteiger partial charge is 0.478 e. The van der Waals surface area contributed by atoms with Gasteiger partial charge in [-0.3, -0.25) is 0 Å². The molecule has 5 heteroatoms. The van der Waals surface area contributed by atoms with Crippen molar-refractivity contribution in [1.82, 2.24) is 9.88 Å². The first-order valence-corrected chi connectivity index (χ1v) is 7.43. The molecule has 0 aromatic carbocycles. The van der Waals surface area contributed by atoms with Gasteiger partial charge in [-0.2, -0.15) is 0 Å². The summed E-state index contributed by atoms with van der Waals surface area (Å²) < 4.78 is 0. The Kier molecular flexibility index (Phi) is 4.52. The van der Waals surface area contributed by atoms with Gasteiger partial charge in [0.2, 0.25) is 0 Å². The molecule has 1 aliphatic carbocycles. The Morgan fingerprint density at radius 1 is 1.43 bits per heavy atom. The molecule has 0 aliphatic heterocycles. The number of rotatable bonds is 6. The maximum absolute atomic E-state index is 11.4. The normalized spacial score (nSPS) is 14.3. The van der Waals surface area contributed by atoms with Crippen LogP contribution < -0.4 is 5.32 Å². The van der Waals surface area contributed by atoms with Crippen molar-refractivity contribution in [2.75, 3.05) is 32.5 Å². The second-order valence-electron chi connectivity index (χ2n) is 6.90. The molecule has 0 unspecified atom stereocenters. The first-order valence-electron chi connectivity index (χ1n) is 7.43. The van der Waals surface area contributed by atoms with Crippen molar-refractivity contribution < 1.29 is 9.90 Å². The molecule has 0 atom stereocenters. The Labute approximate surface area is 126 Å². The zero-order valence-corrected chi connectivity index (χ0v) is 13.4. The SMILES string of the molecule is CN(C)CC(C)(C)CNc1nc2c(cc1C(=O)O)CCC2. The van der Waals surface area contributed by atoms with E-state index in [0.717, 1.165) is 37.1 Å². The maximum Gasteiger partial charge on any atom is 0.339 e. The quantitative estimate of drug-likeness (QED) is 0.841. The fraction of sp³-hybridized carbons (Fsp3) is 0.625. The number of aromatic nitrogens is 1. The minimum absolute atomic E-state index is 0.0416. The molecule has 1 aromatic rings. The summed E-state index contributed by atoms with van der Waals surface area (Å²) in [7, 11) is 4.08. The summed E-state index contributed by atoms with van der Waals surface area (Å²) in [4.78, 5) is 18.1. The average molecular weight is 291 g/mol. The smallest absolute Gasteiger partial charge is 0.339 e. The Hall–Kier alpha value is -1.62. The lowest BCUT2D eigenvalue weighted by Crippen LogP contribution is -2.34. The number of fused-ring (bicyclic) bond motifs is 1. The van der Waals surface area contributed by atoms with Crippen LogP contribution in [0.5, 0.6) is 0 Å². The zero-order chi connectivity index (χ0) is 15.6. The Morgan fingerprint density at radius 3 is 2.76 bits per heavy atom. The number of nitrogens with one attached hydrogen (secondary N) is 1. The predicted molar refractivity (Wildman–Crippen MR) is 84.0 cm³/mol. The lowest BCUT2D eigenvalue weighted by atomic mass is 9.93. The van der Waals surface area contributed by atoms with Gasteiger partial charge in [0.25, 0.3) is 0 Å². The van der Waals surface area contributed by atoms with E-state index in [9.17, 15) is 9.90 Å². The van der Waals surface area contributed by atoms with Crippen LogP contribution in [0.25, 0.3) is 0 Å². The lowest BCUT2D eigenvalue weighted by Gasteiger charge is -2.29. The van der Waals surface area contributed by atoms with Crippen LogP contribution in [0.2, 0.25) is 0 Å². The summed E-state index contributed by atoms with van der Waals surface area (Å²) in [5, 5.41) is 12.6. The van der Waals surface area contributed by atoms with Gasteiger partial charge in [0.15, 0.2) is 0 Å². The third-order valence-electron chi connectivity index (χ3n) is 3.76. The van der Waals surface area contributed by atoms with Crippen LogP contribution in [0.4, 0.5) is 5.82 Å². The van der Waals surface area contributed by atoms with Crippen molar-refractivity contribution in [2.24, 2.45) is 5.41 Å².